The first kappa shape index (κ1) is 20.3. The Bertz CT molecular complexity index is 898. The van der Waals surface area contributed by atoms with Gasteiger partial charge in [-0.25, -0.2) is 8.42 Å². The summed E-state index contributed by atoms with van der Waals surface area (Å²) in [6.07, 6.45) is 0.992. The Labute approximate surface area is 164 Å². The third kappa shape index (κ3) is 4.89. The van der Waals surface area contributed by atoms with Gasteiger partial charge in [0, 0.05) is 5.92 Å². The molecular weight excluding hydrogens is 382 g/mol. The van der Waals surface area contributed by atoms with Gasteiger partial charge < -0.3 is 14.6 Å². The molecule has 0 spiro atoms. The number of nitrogens with one attached hydrogen (secondary N) is 1. The molecule has 1 saturated heterocycles. The Morgan fingerprint density at radius 1 is 1.21 bits per heavy atom. The molecule has 0 radical (unpaired) electrons. The lowest BCUT2D eigenvalue weighted by molar-refractivity contribution is -0.140. The molecule has 1 aliphatic heterocycles. The minimum absolute atomic E-state index is 0.0145. The van der Waals surface area contributed by atoms with Crippen molar-refractivity contribution in [1.82, 2.24) is 4.72 Å². The molecular formula is C20H23NO6S. The summed E-state index contributed by atoms with van der Waals surface area (Å²) in [5.74, 6) is -1.15. The van der Waals surface area contributed by atoms with E-state index in [1.807, 2.05) is 30.3 Å². The molecule has 0 aliphatic carbocycles. The minimum Gasteiger partial charge on any atom is -0.497 e. The normalized spacial score (nSPS) is 20.6. The van der Waals surface area contributed by atoms with E-state index in [0.29, 0.717) is 18.6 Å². The van der Waals surface area contributed by atoms with E-state index in [-0.39, 0.29) is 17.6 Å². The number of hydrogen-bond donors (Lipinski definition) is 2. The highest BCUT2D eigenvalue weighted by atomic mass is 32.2. The van der Waals surface area contributed by atoms with Crippen molar-refractivity contribution in [3.05, 3.63) is 60.2 Å². The summed E-state index contributed by atoms with van der Waals surface area (Å²) in [5, 5.41) is 9.60. The quantitative estimate of drug-likeness (QED) is 0.697. The lowest BCUT2D eigenvalue weighted by Gasteiger charge is -2.20. The molecule has 0 bridgehead atoms. The number of rotatable bonds is 8. The van der Waals surface area contributed by atoms with Gasteiger partial charge in [-0.15, -0.1) is 0 Å². The van der Waals surface area contributed by atoms with Crippen LogP contribution in [0.15, 0.2) is 59.5 Å². The summed E-state index contributed by atoms with van der Waals surface area (Å²) >= 11 is 0. The Balaban J connectivity index is 1.68. The first-order chi connectivity index (χ1) is 13.4. The molecule has 3 rings (SSSR count). The van der Waals surface area contributed by atoms with Gasteiger partial charge in [0.2, 0.25) is 10.0 Å². The number of ether oxygens (including phenoxy) is 2. The smallest absolute Gasteiger partial charge is 0.322 e. The molecule has 2 N–H and O–H groups in total. The van der Waals surface area contributed by atoms with E-state index in [0.717, 1.165) is 5.56 Å². The standard InChI is InChI=1S/C20H23NO6S/c1-26-16-7-9-18(10-8-16)28(24,25)21-19(20(22)23)15-12-17(27-13-15)11-14-5-3-2-4-6-14/h2-10,15,17,19,21H,11-13H2,1H3,(H,22,23)/t15-,17-,19+/m0/s1. The van der Waals surface area contributed by atoms with Crippen molar-refractivity contribution in [3.8, 4) is 5.75 Å². The van der Waals surface area contributed by atoms with E-state index in [4.69, 9.17) is 9.47 Å². The zero-order valence-electron chi connectivity index (χ0n) is 15.4. The highest BCUT2D eigenvalue weighted by Gasteiger charge is 2.38. The Kier molecular flexibility index (Phi) is 6.33. The molecule has 28 heavy (non-hydrogen) atoms. The van der Waals surface area contributed by atoms with E-state index in [1.165, 1.54) is 31.4 Å². The molecule has 0 saturated carbocycles. The number of carboxylic acid groups (broad SMARTS) is 1. The SMILES string of the molecule is COc1ccc(S(=O)(=O)N[C@@H](C(=O)O)[C@@H]2CO[C@@H](Cc3ccccc3)C2)cc1. The zero-order chi connectivity index (χ0) is 20.1. The van der Waals surface area contributed by atoms with Crippen LogP contribution in [0.25, 0.3) is 0 Å². The van der Waals surface area contributed by atoms with E-state index in [2.05, 4.69) is 4.72 Å². The van der Waals surface area contributed by atoms with Gasteiger partial charge >= 0.3 is 5.97 Å². The maximum atomic E-state index is 12.6. The molecule has 2 aromatic carbocycles. The number of carbonyl (C=O) groups is 1. The molecule has 8 heteroatoms. The van der Waals surface area contributed by atoms with Crippen molar-refractivity contribution in [2.75, 3.05) is 13.7 Å². The third-order valence-electron chi connectivity index (χ3n) is 4.81. The van der Waals surface area contributed by atoms with Crippen LogP contribution in [0.1, 0.15) is 12.0 Å². The fraction of sp³-hybridized carbons (Fsp3) is 0.350. The van der Waals surface area contributed by atoms with Gasteiger partial charge in [-0.1, -0.05) is 30.3 Å². The number of benzene rings is 2. The van der Waals surface area contributed by atoms with Gasteiger partial charge in [0.05, 0.1) is 24.7 Å². The van der Waals surface area contributed by atoms with Crippen LogP contribution >= 0.6 is 0 Å². The molecule has 1 aliphatic rings. The summed E-state index contributed by atoms with van der Waals surface area (Å²) in [7, 11) is -2.50. The van der Waals surface area contributed by atoms with E-state index in [1.54, 1.807) is 0 Å². The van der Waals surface area contributed by atoms with E-state index < -0.39 is 28.0 Å². The minimum atomic E-state index is -3.99. The van der Waals surface area contributed by atoms with Gasteiger partial charge in [-0.2, -0.15) is 4.72 Å². The predicted octanol–water partition coefficient (Wildman–Crippen LogP) is 2.07. The number of methoxy groups -OCH3 is 1. The molecule has 0 aromatic heterocycles. The van der Waals surface area contributed by atoms with E-state index >= 15 is 0 Å². The van der Waals surface area contributed by atoms with Crippen LogP contribution in [0.5, 0.6) is 5.75 Å². The Hall–Kier alpha value is -2.42. The molecule has 1 heterocycles. The summed E-state index contributed by atoms with van der Waals surface area (Å²) in [6, 6.07) is 14.3. The van der Waals surface area contributed by atoms with Gasteiger partial charge in [-0.05, 0) is 42.7 Å². The second-order valence-corrected chi connectivity index (χ2v) is 8.47. The van der Waals surface area contributed by atoms with Gasteiger partial charge in [0.25, 0.3) is 0 Å². The first-order valence-electron chi connectivity index (χ1n) is 8.94. The molecule has 3 atom stereocenters. The van der Waals surface area contributed by atoms with Crippen molar-refractivity contribution < 1.29 is 27.8 Å². The van der Waals surface area contributed by atoms with Crippen LogP contribution in [0.4, 0.5) is 0 Å². The average molecular weight is 405 g/mol. The van der Waals surface area contributed by atoms with Crippen LogP contribution in [0.3, 0.4) is 0 Å². The van der Waals surface area contributed by atoms with Crippen LogP contribution < -0.4 is 9.46 Å². The van der Waals surface area contributed by atoms with Crippen LogP contribution in [0, 0.1) is 5.92 Å². The summed E-state index contributed by atoms with van der Waals surface area (Å²) in [4.78, 5) is 11.7. The van der Waals surface area contributed by atoms with Crippen LogP contribution in [-0.2, 0) is 26.0 Å². The van der Waals surface area contributed by atoms with Crippen molar-refractivity contribution >= 4 is 16.0 Å². The lowest BCUT2D eigenvalue weighted by Crippen LogP contribution is -2.46. The molecule has 2 aromatic rings. The largest absolute Gasteiger partial charge is 0.497 e. The van der Waals surface area contributed by atoms with Gasteiger partial charge in [0.15, 0.2) is 0 Å². The lowest BCUT2D eigenvalue weighted by atomic mass is 9.95. The van der Waals surface area contributed by atoms with Crippen LogP contribution in [-0.4, -0.2) is 45.4 Å². The fourth-order valence-electron chi connectivity index (χ4n) is 3.32. The maximum Gasteiger partial charge on any atom is 0.322 e. The Morgan fingerprint density at radius 2 is 1.89 bits per heavy atom. The molecule has 1 fully saturated rings. The zero-order valence-corrected chi connectivity index (χ0v) is 16.3. The highest BCUT2D eigenvalue weighted by Crippen LogP contribution is 2.27. The van der Waals surface area contributed by atoms with Crippen molar-refractivity contribution in [2.24, 2.45) is 5.92 Å². The van der Waals surface area contributed by atoms with Crippen molar-refractivity contribution in [3.63, 3.8) is 0 Å². The van der Waals surface area contributed by atoms with Crippen molar-refractivity contribution in [1.29, 1.82) is 0 Å². The van der Waals surface area contributed by atoms with Gasteiger partial charge in [-0.3, -0.25) is 4.79 Å². The summed E-state index contributed by atoms with van der Waals surface area (Å²) < 4.78 is 38.3. The van der Waals surface area contributed by atoms with E-state index in [9.17, 15) is 18.3 Å². The Morgan fingerprint density at radius 3 is 2.50 bits per heavy atom. The fourth-order valence-corrected chi connectivity index (χ4v) is 4.58. The topological polar surface area (TPSA) is 102 Å². The molecule has 0 amide bonds. The molecule has 150 valence electrons. The average Bonchev–Trinajstić information content (AvgIpc) is 3.15. The molecule has 0 unspecified atom stereocenters. The monoisotopic (exact) mass is 405 g/mol. The van der Waals surface area contributed by atoms with Gasteiger partial charge in [0.1, 0.15) is 11.8 Å². The number of carboxylic acids is 1. The second kappa shape index (κ2) is 8.72. The summed E-state index contributed by atoms with van der Waals surface area (Å²) in [5.41, 5.74) is 1.10. The number of aliphatic carboxylic acids is 1. The number of sulfonamides is 1. The van der Waals surface area contributed by atoms with Crippen LogP contribution in [0.2, 0.25) is 0 Å². The summed E-state index contributed by atoms with van der Waals surface area (Å²) in [6.45, 7) is 0.194. The first-order valence-corrected chi connectivity index (χ1v) is 10.4. The molecule has 7 nitrogen and oxygen atoms in total. The van der Waals surface area contributed by atoms with Crippen molar-refractivity contribution in [2.45, 2.75) is 29.9 Å². The predicted molar refractivity (Wildman–Crippen MR) is 103 cm³/mol. The maximum absolute atomic E-state index is 12.6. The third-order valence-corrected chi connectivity index (χ3v) is 6.26. The second-order valence-electron chi connectivity index (χ2n) is 6.75. The highest BCUT2D eigenvalue weighted by molar-refractivity contribution is 7.89. The number of hydrogen-bond acceptors (Lipinski definition) is 5.